The minimum atomic E-state index is -0.532. The van der Waals surface area contributed by atoms with Crippen LogP contribution in [0.2, 0.25) is 0 Å². The summed E-state index contributed by atoms with van der Waals surface area (Å²) in [6, 6.07) is 10.8. The van der Waals surface area contributed by atoms with Gasteiger partial charge in [-0.2, -0.15) is 0 Å². The molecular formula is C13H13BrN2O3. The largest absolute Gasteiger partial charge is 0.433 e. The fourth-order valence-corrected chi connectivity index (χ4v) is 2.32. The van der Waals surface area contributed by atoms with E-state index >= 15 is 0 Å². The topological polar surface area (TPSA) is 68.3 Å². The van der Waals surface area contributed by atoms with Crippen molar-refractivity contribution >= 4 is 21.8 Å². The molecule has 1 unspecified atom stereocenters. The third-order valence-corrected chi connectivity index (χ3v) is 3.31. The van der Waals surface area contributed by atoms with E-state index in [1.54, 1.807) is 13.1 Å². The highest BCUT2D eigenvalue weighted by atomic mass is 79.9. The Bertz CT molecular complexity index is 583. The van der Waals surface area contributed by atoms with Crippen molar-refractivity contribution in [1.82, 2.24) is 5.32 Å². The number of hydrogen-bond acceptors (Lipinski definition) is 4. The van der Waals surface area contributed by atoms with E-state index in [4.69, 9.17) is 4.42 Å². The molecule has 6 heteroatoms. The second-order valence-electron chi connectivity index (χ2n) is 4.11. The molecule has 1 aromatic heterocycles. The Balaban J connectivity index is 2.17. The van der Waals surface area contributed by atoms with Crippen molar-refractivity contribution in [3.63, 3.8) is 0 Å². The molecule has 0 aliphatic rings. The molecule has 5 nitrogen and oxygen atoms in total. The molecule has 0 bridgehead atoms. The average Bonchev–Trinajstić information content (AvgIpc) is 2.85. The predicted molar refractivity (Wildman–Crippen MR) is 75.0 cm³/mol. The van der Waals surface area contributed by atoms with Crippen LogP contribution >= 0.6 is 15.9 Å². The Morgan fingerprint density at radius 3 is 2.79 bits per heavy atom. The molecule has 0 saturated carbocycles. The molecule has 2 rings (SSSR count). The maximum Gasteiger partial charge on any atom is 0.433 e. The SMILES string of the molecule is CNC(Cc1cccc(Br)c1)c1ccc([N+](=O)[O-])o1. The quantitative estimate of drug-likeness (QED) is 0.675. The molecule has 19 heavy (non-hydrogen) atoms. The van der Waals surface area contributed by atoms with Crippen LogP contribution in [-0.4, -0.2) is 12.0 Å². The second kappa shape index (κ2) is 5.99. The lowest BCUT2D eigenvalue weighted by Gasteiger charge is -2.13. The molecule has 1 heterocycles. The van der Waals surface area contributed by atoms with E-state index in [-0.39, 0.29) is 11.9 Å². The minimum Gasteiger partial charge on any atom is -0.404 e. The van der Waals surface area contributed by atoms with Gasteiger partial charge in [0.15, 0.2) is 0 Å². The molecule has 1 N–H and O–H groups in total. The smallest absolute Gasteiger partial charge is 0.404 e. The zero-order valence-corrected chi connectivity index (χ0v) is 11.9. The molecule has 0 radical (unpaired) electrons. The van der Waals surface area contributed by atoms with E-state index in [0.29, 0.717) is 12.2 Å². The highest BCUT2D eigenvalue weighted by Gasteiger charge is 2.18. The van der Waals surface area contributed by atoms with Gasteiger partial charge in [0.05, 0.1) is 12.1 Å². The molecule has 0 aliphatic carbocycles. The lowest BCUT2D eigenvalue weighted by molar-refractivity contribution is -0.402. The highest BCUT2D eigenvalue weighted by Crippen LogP contribution is 2.25. The number of nitrogens with one attached hydrogen (secondary N) is 1. The zero-order valence-electron chi connectivity index (χ0n) is 10.3. The number of furan rings is 1. The maximum atomic E-state index is 10.6. The van der Waals surface area contributed by atoms with Crippen LogP contribution in [0.4, 0.5) is 5.88 Å². The van der Waals surface area contributed by atoms with Gasteiger partial charge in [-0.1, -0.05) is 28.1 Å². The van der Waals surface area contributed by atoms with Crippen LogP contribution in [0.5, 0.6) is 0 Å². The van der Waals surface area contributed by atoms with Crippen LogP contribution in [-0.2, 0) is 6.42 Å². The van der Waals surface area contributed by atoms with Crippen molar-refractivity contribution in [2.75, 3.05) is 7.05 Å². The van der Waals surface area contributed by atoms with E-state index in [2.05, 4.69) is 21.2 Å². The first kappa shape index (κ1) is 13.8. The van der Waals surface area contributed by atoms with Crippen LogP contribution in [0, 0.1) is 10.1 Å². The van der Waals surface area contributed by atoms with E-state index in [1.165, 1.54) is 6.07 Å². The molecular weight excluding hydrogens is 312 g/mol. The summed E-state index contributed by atoms with van der Waals surface area (Å²) in [6.45, 7) is 0. The van der Waals surface area contributed by atoms with Gasteiger partial charge in [-0.05, 0) is 37.2 Å². The summed E-state index contributed by atoms with van der Waals surface area (Å²) in [5.74, 6) is 0.332. The first-order chi connectivity index (χ1) is 9.10. The third kappa shape index (κ3) is 3.42. The van der Waals surface area contributed by atoms with Crippen molar-refractivity contribution < 1.29 is 9.34 Å². The van der Waals surface area contributed by atoms with Gasteiger partial charge in [-0.25, -0.2) is 0 Å². The highest BCUT2D eigenvalue weighted by molar-refractivity contribution is 9.10. The number of nitro groups is 1. The molecule has 2 aromatic rings. The van der Waals surface area contributed by atoms with Crippen LogP contribution in [0.15, 0.2) is 45.3 Å². The van der Waals surface area contributed by atoms with E-state index in [9.17, 15) is 10.1 Å². The Morgan fingerprint density at radius 1 is 1.42 bits per heavy atom. The van der Waals surface area contributed by atoms with Gasteiger partial charge >= 0.3 is 5.88 Å². The van der Waals surface area contributed by atoms with E-state index < -0.39 is 4.92 Å². The lowest BCUT2D eigenvalue weighted by Crippen LogP contribution is -2.18. The van der Waals surface area contributed by atoms with Gasteiger partial charge in [0, 0.05) is 4.47 Å². The van der Waals surface area contributed by atoms with Gasteiger partial charge in [-0.15, -0.1) is 0 Å². The van der Waals surface area contributed by atoms with Crippen molar-refractivity contribution in [1.29, 1.82) is 0 Å². The van der Waals surface area contributed by atoms with Crippen LogP contribution in [0.25, 0.3) is 0 Å². The number of hydrogen-bond donors (Lipinski definition) is 1. The standard InChI is InChI=1S/C13H13BrN2O3/c1-15-11(8-9-3-2-4-10(14)7-9)12-5-6-13(19-12)16(17)18/h2-7,11,15H,8H2,1H3. The molecule has 100 valence electrons. The molecule has 1 aromatic carbocycles. The molecule has 0 saturated heterocycles. The molecule has 0 spiro atoms. The van der Waals surface area contributed by atoms with Crippen molar-refractivity contribution in [2.24, 2.45) is 0 Å². The van der Waals surface area contributed by atoms with Gasteiger partial charge in [0.1, 0.15) is 10.7 Å². The normalized spacial score (nSPS) is 12.3. The maximum absolute atomic E-state index is 10.6. The summed E-state index contributed by atoms with van der Waals surface area (Å²) in [4.78, 5) is 10.1. The monoisotopic (exact) mass is 324 g/mol. The van der Waals surface area contributed by atoms with Crippen molar-refractivity contribution in [2.45, 2.75) is 12.5 Å². The van der Waals surface area contributed by atoms with Gasteiger partial charge < -0.3 is 9.73 Å². The van der Waals surface area contributed by atoms with Crippen LogP contribution < -0.4 is 5.32 Å². The Hall–Kier alpha value is -1.66. The molecule has 1 atom stereocenters. The first-order valence-corrected chi connectivity index (χ1v) is 6.55. The van der Waals surface area contributed by atoms with E-state index in [0.717, 1.165) is 10.0 Å². The number of rotatable bonds is 5. The minimum absolute atomic E-state index is 0.0944. The summed E-state index contributed by atoms with van der Waals surface area (Å²) >= 11 is 3.42. The van der Waals surface area contributed by atoms with Crippen LogP contribution in [0.1, 0.15) is 17.4 Å². The zero-order chi connectivity index (χ0) is 13.8. The summed E-state index contributed by atoms with van der Waals surface area (Å²) in [6.07, 6.45) is 0.695. The average molecular weight is 325 g/mol. The first-order valence-electron chi connectivity index (χ1n) is 5.76. The number of nitrogens with zero attached hydrogens (tertiary/aromatic N) is 1. The van der Waals surface area contributed by atoms with Gasteiger partial charge in [0.2, 0.25) is 0 Å². The second-order valence-corrected chi connectivity index (χ2v) is 5.02. The lowest BCUT2D eigenvalue weighted by atomic mass is 10.0. The number of likely N-dealkylation sites (N-methyl/N-ethyl adjacent to an activating group) is 1. The van der Waals surface area contributed by atoms with Gasteiger partial charge in [-0.3, -0.25) is 10.1 Å². The summed E-state index contributed by atoms with van der Waals surface area (Å²) in [5.41, 5.74) is 1.12. The van der Waals surface area contributed by atoms with E-state index in [1.807, 2.05) is 24.3 Å². The summed E-state index contributed by atoms with van der Waals surface area (Å²) in [5, 5.41) is 13.7. The number of halogens is 1. The Morgan fingerprint density at radius 2 is 2.21 bits per heavy atom. The van der Waals surface area contributed by atoms with Crippen LogP contribution in [0.3, 0.4) is 0 Å². The van der Waals surface area contributed by atoms with Crippen molar-refractivity contribution in [3.05, 3.63) is 62.3 Å². The third-order valence-electron chi connectivity index (χ3n) is 2.81. The molecule has 0 fully saturated rings. The summed E-state index contributed by atoms with van der Waals surface area (Å²) < 4.78 is 6.23. The number of benzene rings is 1. The Labute approximate surface area is 118 Å². The molecule has 0 aliphatic heterocycles. The fraction of sp³-hybridized carbons (Fsp3) is 0.231. The predicted octanol–water partition coefficient (Wildman–Crippen LogP) is 3.45. The fourth-order valence-electron chi connectivity index (χ4n) is 1.87. The van der Waals surface area contributed by atoms with Gasteiger partial charge in [0.25, 0.3) is 0 Å². The summed E-state index contributed by atoms with van der Waals surface area (Å²) in [7, 11) is 1.80. The molecule has 0 amide bonds. The van der Waals surface area contributed by atoms with Crippen molar-refractivity contribution in [3.8, 4) is 0 Å². The Kier molecular flexibility index (Phi) is 4.34.